The van der Waals surface area contributed by atoms with E-state index < -0.39 is 0 Å². The highest BCUT2D eigenvalue weighted by Crippen LogP contribution is 2.58. The molecule has 3 aliphatic rings. The maximum atomic E-state index is 12.8. The maximum Gasteiger partial charge on any atom is 0.226 e. The molecule has 0 unspecified atom stereocenters. The number of carbonyl (C=O) groups excluding carboxylic acids is 1. The molecule has 24 heavy (non-hydrogen) atoms. The number of nitrogens with zero attached hydrogens (tertiary/aromatic N) is 2. The van der Waals surface area contributed by atoms with E-state index in [4.69, 9.17) is 0 Å². The van der Waals surface area contributed by atoms with Crippen molar-refractivity contribution < 1.29 is 4.79 Å². The van der Waals surface area contributed by atoms with E-state index in [1.54, 1.807) is 0 Å². The van der Waals surface area contributed by atoms with Crippen molar-refractivity contribution in [2.24, 2.45) is 23.7 Å². The Balaban J connectivity index is 1.32. The van der Waals surface area contributed by atoms with Crippen molar-refractivity contribution in [3.63, 3.8) is 0 Å². The minimum atomic E-state index is 0.373. The highest BCUT2D eigenvalue weighted by molar-refractivity contribution is 5.82. The van der Waals surface area contributed by atoms with Crippen LogP contribution >= 0.6 is 0 Å². The monoisotopic (exact) mass is 326 g/mol. The summed E-state index contributed by atoms with van der Waals surface area (Å²) in [5.41, 5.74) is 1.39. The summed E-state index contributed by atoms with van der Waals surface area (Å²) in [5, 5.41) is 0. The van der Waals surface area contributed by atoms with Gasteiger partial charge in [-0.25, -0.2) is 0 Å². The van der Waals surface area contributed by atoms with Gasteiger partial charge in [-0.2, -0.15) is 0 Å². The second-order valence-electron chi connectivity index (χ2n) is 8.29. The third-order valence-electron chi connectivity index (χ3n) is 6.73. The van der Waals surface area contributed by atoms with Gasteiger partial charge in [-0.3, -0.25) is 9.69 Å². The van der Waals surface area contributed by atoms with E-state index in [0.717, 1.165) is 37.9 Å². The summed E-state index contributed by atoms with van der Waals surface area (Å²) in [5.74, 6) is 2.83. The number of likely N-dealkylation sites (tertiary alicyclic amines) is 1. The fraction of sp³-hybridized carbons (Fsp3) is 0.667. The molecule has 1 saturated heterocycles. The van der Waals surface area contributed by atoms with Crippen LogP contribution in [0.5, 0.6) is 0 Å². The molecule has 4 rings (SSSR count). The van der Waals surface area contributed by atoms with E-state index in [9.17, 15) is 4.79 Å². The van der Waals surface area contributed by atoms with Gasteiger partial charge >= 0.3 is 0 Å². The van der Waals surface area contributed by atoms with Gasteiger partial charge in [-0.05, 0) is 42.6 Å². The Morgan fingerprint density at radius 1 is 1.17 bits per heavy atom. The molecule has 1 aliphatic heterocycles. The van der Waals surface area contributed by atoms with Crippen molar-refractivity contribution in [1.29, 1.82) is 0 Å². The van der Waals surface area contributed by atoms with E-state index >= 15 is 0 Å². The first kappa shape index (κ1) is 16.1. The second kappa shape index (κ2) is 6.51. The molecule has 4 atom stereocenters. The van der Waals surface area contributed by atoms with Gasteiger partial charge in [0.05, 0.1) is 0 Å². The molecular formula is C21H30N2O. The van der Waals surface area contributed by atoms with Crippen LogP contribution in [0.15, 0.2) is 30.3 Å². The Morgan fingerprint density at radius 3 is 2.54 bits per heavy atom. The van der Waals surface area contributed by atoms with Gasteiger partial charge in [0.15, 0.2) is 0 Å². The third-order valence-corrected chi connectivity index (χ3v) is 6.73. The van der Waals surface area contributed by atoms with Crippen LogP contribution in [0, 0.1) is 23.7 Å². The predicted molar refractivity (Wildman–Crippen MR) is 96.4 cm³/mol. The molecule has 1 heterocycles. The zero-order valence-electron chi connectivity index (χ0n) is 15.0. The van der Waals surface area contributed by atoms with Gasteiger partial charge in [-0.15, -0.1) is 0 Å². The molecule has 3 heteroatoms. The SMILES string of the molecule is C[C@@H]1CN(Cc2ccccc2)CC[C@@H]1N(C)C(=O)C1[C@H]2CCC[C@H]12. The van der Waals surface area contributed by atoms with Crippen LogP contribution in [0.1, 0.15) is 38.2 Å². The molecule has 1 aromatic rings. The van der Waals surface area contributed by atoms with E-state index in [1.807, 2.05) is 0 Å². The minimum absolute atomic E-state index is 0.373. The summed E-state index contributed by atoms with van der Waals surface area (Å²) in [4.78, 5) is 17.5. The minimum Gasteiger partial charge on any atom is -0.342 e. The van der Waals surface area contributed by atoms with Gasteiger partial charge in [0, 0.05) is 38.6 Å². The second-order valence-corrected chi connectivity index (χ2v) is 8.29. The molecule has 3 nitrogen and oxygen atoms in total. The molecule has 0 radical (unpaired) electrons. The number of fused-ring (bicyclic) bond motifs is 1. The Hall–Kier alpha value is -1.35. The summed E-state index contributed by atoms with van der Waals surface area (Å²) in [6.45, 7) is 5.54. The molecule has 130 valence electrons. The van der Waals surface area contributed by atoms with E-state index in [-0.39, 0.29) is 0 Å². The van der Waals surface area contributed by atoms with Crippen LogP contribution in [0.4, 0.5) is 0 Å². The number of benzene rings is 1. The Morgan fingerprint density at radius 2 is 1.88 bits per heavy atom. The van der Waals surface area contributed by atoms with Gasteiger partial charge in [-0.1, -0.05) is 43.7 Å². The lowest BCUT2D eigenvalue weighted by atomic mass is 9.91. The Bertz CT molecular complexity index is 577. The van der Waals surface area contributed by atoms with Gasteiger partial charge < -0.3 is 4.90 Å². The quantitative estimate of drug-likeness (QED) is 0.846. The fourth-order valence-corrected chi connectivity index (χ4v) is 5.37. The number of rotatable bonds is 4. The summed E-state index contributed by atoms with van der Waals surface area (Å²) in [6, 6.07) is 11.1. The summed E-state index contributed by atoms with van der Waals surface area (Å²) < 4.78 is 0. The van der Waals surface area contributed by atoms with Crippen LogP contribution in [0.2, 0.25) is 0 Å². The van der Waals surface area contributed by atoms with Crippen molar-refractivity contribution in [3.05, 3.63) is 35.9 Å². The number of hydrogen-bond donors (Lipinski definition) is 0. The maximum absolute atomic E-state index is 12.8. The summed E-state index contributed by atoms with van der Waals surface area (Å²) >= 11 is 0. The zero-order valence-corrected chi connectivity index (χ0v) is 15.0. The van der Waals surface area contributed by atoms with Gasteiger partial charge in [0.1, 0.15) is 0 Å². The first-order chi connectivity index (χ1) is 11.6. The van der Waals surface area contributed by atoms with Gasteiger partial charge in [0.2, 0.25) is 5.91 Å². The number of piperidine rings is 1. The van der Waals surface area contributed by atoms with Crippen LogP contribution in [-0.2, 0) is 11.3 Å². The Kier molecular flexibility index (Phi) is 4.38. The number of hydrogen-bond acceptors (Lipinski definition) is 2. The lowest BCUT2D eigenvalue weighted by Gasteiger charge is -2.41. The van der Waals surface area contributed by atoms with Crippen molar-refractivity contribution in [1.82, 2.24) is 9.80 Å². The zero-order chi connectivity index (χ0) is 16.7. The molecule has 2 saturated carbocycles. The Labute approximate surface area is 146 Å². The molecule has 2 aliphatic carbocycles. The lowest BCUT2D eigenvalue weighted by molar-refractivity contribution is -0.136. The largest absolute Gasteiger partial charge is 0.342 e. The molecule has 0 spiro atoms. The highest BCUT2D eigenvalue weighted by Gasteiger charge is 2.57. The predicted octanol–water partition coefficient (Wildman–Crippen LogP) is 3.40. The molecule has 0 bridgehead atoms. The number of carbonyl (C=O) groups is 1. The highest BCUT2D eigenvalue weighted by atomic mass is 16.2. The molecule has 0 aromatic heterocycles. The average molecular weight is 326 g/mol. The average Bonchev–Trinajstić information content (AvgIpc) is 3.06. The van der Waals surface area contributed by atoms with E-state index in [2.05, 4.69) is 54.1 Å². The summed E-state index contributed by atoms with van der Waals surface area (Å²) in [6.07, 6.45) is 5.04. The molecule has 1 aromatic carbocycles. The van der Waals surface area contributed by atoms with Crippen LogP contribution < -0.4 is 0 Å². The lowest BCUT2D eigenvalue weighted by Crippen LogP contribution is -2.51. The number of amides is 1. The van der Waals surface area contributed by atoms with E-state index in [1.165, 1.54) is 24.8 Å². The third kappa shape index (κ3) is 2.99. The molecule has 1 amide bonds. The smallest absolute Gasteiger partial charge is 0.226 e. The van der Waals surface area contributed by atoms with Crippen LogP contribution in [0.25, 0.3) is 0 Å². The normalized spacial score (nSPS) is 35.5. The first-order valence-electron chi connectivity index (χ1n) is 9.68. The molecule has 0 N–H and O–H groups in total. The standard InChI is InChI=1S/C21H30N2O/c1-15-13-23(14-16-7-4-3-5-8-16)12-11-19(15)22(2)21(24)20-17-9-6-10-18(17)20/h3-5,7-8,15,17-20H,6,9-14H2,1-2H3/t15-,17+,18+,19+/m1/s1. The topological polar surface area (TPSA) is 23.6 Å². The van der Waals surface area contributed by atoms with Gasteiger partial charge in [0.25, 0.3) is 0 Å². The molecular weight excluding hydrogens is 296 g/mol. The van der Waals surface area contributed by atoms with Crippen LogP contribution in [-0.4, -0.2) is 41.9 Å². The van der Waals surface area contributed by atoms with Crippen molar-refractivity contribution in [2.75, 3.05) is 20.1 Å². The van der Waals surface area contributed by atoms with Crippen molar-refractivity contribution in [2.45, 2.75) is 45.2 Å². The summed E-state index contributed by atoms with van der Waals surface area (Å²) in [7, 11) is 2.06. The van der Waals surface area contributed by atoms with Crippen molar-refractivity contribution in [3.8, 4) is 0 Å². The van der Waals surface area contributed by atoms with E-state index in [0.29, 0.717) is 23.8 Å². The van der Waals surface area contributed by atoms with Crippen LogP contribution in [0.3, 0.4) is 0 Å². The van der Waals surface area contributed by atoms with Crippen molar-refractivity contribution >= 4 is 5.91 Å². The fourth-order valence-electron chi connectivity index (χ4n) is 5.37. The first-order valence-corrected chi connectivity index (χ1v) is 9.68. The molecule has 3 fully saturated rings.